The van der Waals surface area contributed by atoms with Gasteiger partial charge in [-0.05, 0) is 50.3 Å². The Labute approximate surface area is 120 Å². The number of aliphatic hydroxyl groups is 1. The summed E-state index contributed by atoms with van der Waals surface area (Å²) in [5.41, 5.74) is 2.43. The van der Waals surface area contributed by atoms with E-state index in [2.05, 4.69) is 24.1 Å². The van der Waals surface area contributed by atoms with Crippen LogP contribution < -0.4 is 5.32 Å². The van der Waals surface area contributed by atoms with Crippen LogP contribution in [-0.2, 0) is 0 Å². The number of nitrogens with one attached hydrogen (secondary N) is 1. The summed E-state index contributed by atoms with van der Waals surface area (Å²) in [4.78, 5) is 12.3. The lowest BCUT2D eigenvalue weighted by atomic mass is 10.0. The lowest BCUT2D eigenvalue weighted by molar-refractivity contribution is 0.0935. The van der Waals surface area contributed by atoms with Crippen LogP contribution in [0.4, 0.5) is 0 Å². The molecule has 1 aromatic rings. The van der Waals surface area contributed by atoms with Crippen molar-refractivity contribution in [2.75, 3.05) is 6.61 Å². The van der Waals surface area contributed by atoms with E-state index < -0.39 is 0 Å². The predicted octanol–water partition coefficient (Wildman–Crippen LogP) is 2.26. The highest BCUT2D eigenvalue weighted by Gasteiger charge is 2.29. The summed E-state index contributed by atoms with van der Waals surface area (Å²) >= 11 is 0. The maximum atomic E-state index is 12.3. The van der Waals surface area contributed by atoms with Crippen LogP contribution in [0.3, 0.4) is 0 Å². The number of rotatable bonds is 4. The van der Waals surface area contributed by atoms with E-state index in [0.29, 0.717) is 17.9 Å². The van der Waals surface area contributed by atoms with Gasteiger partial charge in [0.2, 0.25) is 0 Å². The van der Waals surface area contributed by atoms with Crippen molar-refractivity contribution in [1.29, 1.82) is 0 Å². The molecule has 1 atom stereocenters. The lowest BCUT2D eigenvalue weighted by Crippen LogP contribution is -2.34. The molecule has 0 aromatic heterocycles. The third-order valence-electron chi connectivity index (χ3n) is 3.57. The minimum atomic E-state index is -0.0577. The molecule has 1 aromatic carbocycles. The van der Waals surface area contributed by atoms with Gasteiger partial charge in [0.25, 0.3) is 5.91 Å². The van der Waals surface area contributed by atoms with Crippen molar-refractivity contribution >= 4 is 5.91 Å². The average Bonchev–Trinajstić information content (AvgIpc) is 3.23. The summed E-state index contributed by atoms with van der Waals surface area (Å²) in [7, 11) is 0. The molecule has 2 rings (SSSR count). The largest absolute Gasteiger partial charge is 0.395 e. The number of aryl methyl sites for hydroxylation is 1. The molecule has 2 N–H and O–H groups in total. The van der Waals surface area contributed by atoms with Gasteiger partial charge in [0.05, 0.1) is 12.2 Å². The van der Waals surface area contributed by atoms with Crippen LogP contribution in [-0.4, -0.2) is 23.7 Å². The van der Waals surface area contributed by atoms with Crippen molar-refractivity contribution in [3.8, 4) is 11.8 Å². The Balaban J connectivity index is 2.16. The van der Waals surface area contributed by atoms with Gasteiger partial charge in [-0.15, -0.1) is 0 Å². The molecule has 0 bridgehead atoms. The smallest absolute Gasteiger partial charge is 0.252 e. The van der Waals surface area contributed by atoms with Crippen molar-refractivity contribution < 1.29 is 9.90 Å². The zero-order valence-electron chi connectivity index (χ0n) is 12.1. The molecular weight excluding hydrogens is 250 g/mol. The minimum absolute atomic E-state index is 0.0407. The van der Waals surface area contributed by atoms with Gasteiger partial charge in [0.1, 0.15) is 0 Å². The van der Waals surface area contributed by atoms with Gasteiger partial charge in [-0.1, -0.05) is 17.9 Å². The first-order valence-electron chi connectivity index (χ1n) is 7.13. The fraction of sp³-hybridized carbons (Fsp3) is 0.471. The van der Waals surface area contributed by atoms with Gasteiger partial charge in [-0.3, -0.25) is 4.79 Å². The molecule has 1 amide bonds. The fourth-order valence-corrected chi connectivity index (χ4v) is 2.17. The van der Waals surface area contributed by atoms with Crippen molar-refractivity contribution in [3.63, 3.8) is 0 Å². The standard InChI is InChI=1S/C17H21NO2/c1-12-6-9-16(15(11-12)5-3-4-10-19)17(20)18-13(2)14-7-8-14/h6,9,11,13-14,19H,4,7-8,10H2,1-2H3,(H,18,20). The highest BCUT2D eigenvalue weighted by Crippen LogP contribution is 2.32. The van der Waals surface area contributed by atoms with E-state index >= 15 is 0 Å². The summed E-state index contributed by atoms with van der Waals surface area (Å²) in [5.74, 6) is 6.44. The molecule has 3 nitrogen and oxygen atoms in total. The maximum absolute atomic E-state index is 12.3. The second-order valence-corrected chi connectivity index (χ2v) is 5.42. The van der Waals surface area contributed by atoms with Crippen molar-refractivity contribution in [2.24, 2.45) is 5.92 Å². The first-order chi connectivity index (χ1) is 9.61. The van der Waals surface area contributed by atoms with Gasteiger partial charge in [0, 0.05) is 18.0 Å². The molecule has 20 heavy (non-hydrogen) atoms. The first kappa shape index (κ1) is 14.6. The molecule has 1 unspecified atom stereocenters. The molecule has 1 aliphatic rings. The number of carbonyl (C=O) groups is 1. The van der Waals surface area contributed by atoms with Gasteiger partial charge in [-0.2, -0.15) is 0 Å². The monoisotopic (exact) mass is 271 g/mol. The zero-order chi connectivity index (χ0) is 14.5. The lowest BCUT2D eigenvalue weighted by Gasteiger charge is -2.14. The number of aliphatic hydroxyl groups excluding tert-OH is 1. The van der Waals surface area contributed by atoms with E-state index in [1.165, 1.54) is 12.8 Å². The third kappa shape index (κ3) is 3.85. The molecule has 1 aliphatic carbocycles. The molecule has 0 heterocycles. The molecule has 3 heteroatoms. The third-order valence-corrected chi connectivity index (χ3v) is 3.57. The van der Waals surface area contributed by atoms with Gasteiger partial charge < -0.3 is 10.4 Å². The molecule has 1 saturated carbocycles. The van der Waals surface area contributed by atoms with Crippen LogP contribution in [0.5, 0.6) is 0 Å². The Hall–Kier alpha value is -1.79. The first-order valence-corrected chi connectivity index (χ1v) is 7.13. The molecule has 0 aliphatic heterocycles. The summed E-state index contributed by atoms with van der Waals surface area (Å²) in [6.07, 6.45) is 2.84. The van der Waals surface area contributed by atoms with Gasteiger partial charge in [0.15, 0.2) is 0 Å². The van der Waals surface area contributed by atoms with E-state index in [0.717, 1.165) is 11.1 Å². The van der Waals surface area contributed by atoms with E-state index in [9.17, 15) is 4.79 Å². The molecular formula is C17H21NO2. The van der Waals surface area contributed by atoms with E-state index in [4.69, 9.17) is 5.11 Å². The van der Waals surface area contributed by atoms with Crippen LogP contribution in [0.25, 0.3) is 0 Å². The molecule has 0 saturated heterocycles. The van der Waals surface area contributed by atoms with Crippen LogP contribution in [0.1, 0.15) is 47.7 Å². The number of hydrogen-bond donors (Lipinski definition) is 2. The maximum Gasteiger partial charge on any atom is 0.252 e. The number of amides is 1. The van der Waals surface area contributed by atoms with E-state index in [-0.39, 0.29) is 18.6 Å². The zero-order valence-corrected chi connectivity index (χ0v) is 12.1. The van der Waals surface area contributed by atoms with E-state index in [1.807, 2.05) is 25.1 Å². The Bertz CT molecular complexity index is 550. The molecule has 0 radical (unpaired) electrons. The number of benzene rings is 1. The Morgan fingerprint density at radius 3 is 2.90 bits per heavy atom. The van der Waals surface area contributed by atoms with Crippen molar-refractivity contribution in [2.45, 2.75) is 39.2 Å². The summed E-state index contributed by atoms with van der Waals surface area (Å²) in [6, 6.07) is 5.89. The van der Waals surface area contributed by atoms with Crippen LogP contribution in [0.15, 0.2) is 18.2 Å². The Morgan fingerprint density at radius 1 is 1.50 bits per heavy atom. The second-order valence-electron chi connectivity index (χ2n) is 5.42. The number of hydrogen-bond acceptors (Lipinski definition) is 2. The number of carbonyl (C=O) groups excluding carboxylic acids is 1. The summed E-state index contributed by atoms with van der Waals surface area (Å²) in [6.45, 7) is 4.08. The van der Waals surface area contributed by atoms with Gasteiger partial charge in [-0.25, -0.2) is 0 Å². The Morgan fingerprint density at radius 2 is 2.25 bits per heavy atom. The fourth-order valence-electron chi connectivity index (χ4n) is 2.17. The van der Waals surface area contributed by atoms with Crippen LogP contribution >= 0.6 is 0 Å². The average molecular weight is 271 g/mol. The van der Waals surface area contributed by atoms with Crippen molar-refractivity contribution in [1.82, 2.24) is 5.32 Å². The van der Waals surface area contributed by atoms with Gasteiger partial charge >= 0.3 is 0 Å². The topological polar surface area (TPSA) is 49.3 Å². The van der Waals surface area contributed by atoms with Crippen LogP contribution in [0.2, 0.25) is 0 Å². The highest BCUT2D eigenvalue weighted by molar-refractivity contribution is 5.97. The van der Waals surface area contributed by atoms with E-state index in [1.54, 1.807) is 0 Å². The second kappa shape index (κ2) is 6.58. The minimum Gasteiger partial charge on any atom is -0.395 e. The Kier molecular flexibility index (Phi) is 4.81. The summed E-state index contributed by atoms with van der Waals surface area (Å²) < 4.78 is 0. The SMILES string of the molecule is Cc1ccc(C(=O)NC(C)C2CC2)c(C#CCCO)c1. The molecule has 106 valence electrons. The quantitative estimate of drug-likeness (QED) is 0.825. The predicted molar refractivity (Wildman–Crippen MR) is 79.4 cm³/mol. The van der Waals surface area contributed by atoms with Crippen LogP contribution in [0, 0.1) is 24.7 Å². The molecule has 1 fully saturated rings. The van der Waals surface area contributed by atoms with Crippen molar-refractivity contribution in [3.05, 3.63) is 34.9 Å². The normalized spacial score (nSPS) is 15.2. The molecule has 0 spiro atoms. The summed E-state index contributed by atoms with van der Waals surface area (Å²) in [5, 5.41) is 11.8. The highest BCUT2D eigenvalue weighted by atomic mass is 16.2.